The summed E-state index contributed by atoms with van der Waals surface area (Å²) in [7, 11) is 0. The van der Waals surface area contributed by atoms with Crippen LogP contribution in [0.3, 0.4) is 0 Å². The van der Waals surface area contributed by atoms with Gasteiger partial charge in [0.15, 0.2) is 5.78 Å². The third-order valence-electron chi connectivity index (χ3n) is 4.30. The smallest absolute Gasteiger partial charge is 0.231 e. The first-order chi connectivity index (χ1) is 8.75. The predicted molar refractivity (Wildman–Crippen MR) is 75.6 cm³/mol. The fourth-order valence-electron chi connectivity index (χ4n) is 2.82. The summed E-state index contributed by atoms with van der Waals surface area (Å²) >= 11 is 0. The van der Waals surface area contributed by atoms with E-state index in [0.29, 0.717) is 12.8 Å². The molecule has 0 radical (unpaired) electrons. The molecule has 0 N–H and O–H groups in total. The zero-order chi connectivity index (χ0) is 14.7. The summed E-state index contributed by atoms with van der Waals surface area (Å²) in [6.07, 6.45) is 7.02. The van der Waals surface area contributed by atoms with Gasteiger partial charge in [0.05, 0.1) is 0 Å². The Labute approximate surface area is 114 Å². The summed E-state index contributed by atoms with van der Waals surface area (Å²) in [5.41, 5.74) is -0.471. The summed E-state index contributed by atoms with van der Waals surface area (Å²) in [6.45, 7) is 7.46. The lowest BCUT2D eigenvalue weighted by Crippen LogP contribution is -2.52. The van der Waals surface area contributed by atoms with E-state index in [1.165, 1.54) is 11.6 Å². The van der Waals surface area contributed by atoms with Gasteiger partial charge in [-0.3, -0.25) is 14.9 Å². The molecule has 106 valence electrons. The molecular formula is C15H23NO3. The zero-order valence-electron chi connectivity index (χ0n) is 12.2. The minimum Gasteiger partial charge on any atom is -0.295 e. The van der Waals surface area contributed by atoms with Crippen molar-refractivity contribution in [1.82, 2.24) is 0 Å². The maximum atomic E-state index is 11.8. The Bertz CT molecular complexity index is 435. The molecule has 0 aromatic carbocycles. The molecule has 0 saturated heterocycles. The summed E-state index contributed by atoms with van der Waals surface area (Å²) in [5, 5.41) is 11.6. The second-order valence-electron chi connectivity index (χ2n) is 6.07. The highest BCUT2D eigenvalue weighted by molar-refractivity contribution is 5.90. The van der Waals surface area contributed by atoms with Crippen LogP contribution in [0.4, 0.5) is 0 Å². The fraction of sp³-hybridized carbons (Fsp3) is 0.667. The Kier molecular flexibility index (Phi) is 4.66. The van der Waals surface area contributed by atoms with Gasteiger partial charge >= 0.3 is 0 Å². The zero-order valence-corrected chi connectivity index (χ0v) is 12.2. The third-order valence-corrected chi connectivity index (χ3v) is 4.30. The van der Waals surface area contributed by atoms with Crippen molar-refractivity contribution in [3.63, 3.8) is 0 Å². The van der Waals surface area contributed by atoms with Gasteiger partial charge in [-0.05, 0) is 26.3 Å². The molecule has 0 fully saturated rings. The van der Waals surface area contributed by atoms with Gasteiger partial charge in [0.2, 0.25) is 5.54 Å². The van der Waals surface area contributed by atoms with Crippen molar-refractivity contribution >= 4 is 5.78 Å². The Morgan fingerprint density at radius 2 is 2.21 bits per heavy atom. The predicted octanol–water partition coefficient (Wildman–Crippen LogP) is 3.69. The van der Waals surface area contributed by atoms with E-state index < -0.39 is 11.0 Å². The quantitative estimate of drug-likeness (QED) is 0.329. The van der Waals surface area contributed by atoms with Gasteiger partial charge in [-0.25, -0.2) is 0 Å². The van der Waals surface area contributed by atoms with E-state index in [1.54, 1.807) is 13.0 Å². The Morgan fingerprint density at radius 3 is 2.63 bits per heavy atom. The van der Waals surface area contributed by atoms with Gasteiger partial charge in [-0.15, -0.1) is 0 Å². The van der Waals surface area contributed by atoms with E-state index in [1.807, 2.05) is 26.8 Å². The summed E-state index contributed by atoms with van der Waals surface area (Å²) in [4.78, 5) is 23.3. The summed E-state index contributed by atoms with van der Waals surface area (Å²) in [5.74, 6) is -0.0417. The molecule has 0 aromatic rings. The maximum absolute atomic E-state index is 11.8. The SMILES string of the molecule is C/C=C/C(=O)CC(C)(C)C1([N+](=O)[O-])CC=C(C)CC1. The normalized spacial score (nSPS) is 24.3. The van der Waals surface area contributed by atoms with Crippen LogP contribution in [0.25, 0.3) is 0 Å². The largest absolute Gasteiger partial charge is 0.295 e. The van der Waals surface area contributed by atoms with E-state index >= 15 is 0 Å². The van der Waals surface area contributed by atoms with Gasteiger partial charge in [0.1, 0.15) is 0 Å². The molecule has 19 heavy (non-hydrogen) atoms. The molecule has 0 aromatic heterocycles. The van der Waals surface area contributed by atoms with Gasteiger partial charge in [-0.2, -0.15) is 0 Å². The van der Waals surface area contributed by atoms with Crippen LogP contribution in [0, 0.1) is 15.5 Å². The molecule has 1 aliphatic rings. The van der Waals surface area contributed by atoms with E-state index in [9.17, 15) is 14.9 Å². The molecule has 1 aliphatic carbocycles. The monoisotopic (exact) mass is 265 g/mol. The van der Waals surface area contributed by atoms with Crippen LogP contribution in [0.2, 0.25) is 0 Å². The van der Waals surface area contributed by atoms with E-state index in [2.05, 4.69) is 0 Å². The highest BCUT2D eigenvalue weighted by atomic mass is 16.6. The third kappa shape index (κ3) is 3.11. The van der Waals surface area contributed by atoms with Crippen LogP contribution in [0.15, 0.2) is 23.8 Å². The second kappa shape index (κ2) is 5.68. The molecule has 0 heterocycles. The van der Waals surface area contributed by atoms with Crippen LogP contribution < -0.4 is 0 Å². The number of hydrogen-bond acceptors (Lipinski definition) is 3. The molecule has 0 saturated carbocycles. The molecule has 0 bridgehead atoms. The number of ketones is 1. The van der Waals surface area contributed by atoms with Crippen LogP contribution in [0.5, 0.6) is 0 Å². The minimum atomic E-state index is -1.02. The molecule has 1 atom stereocenters. The highest BCUT2D eigenvalue weighted by Crippen LogP contribution is 2.46. The first-order valence-electron chi connectivity index (χ1n) is 6.71. The van der Waals surface area contributed by atoms with Crippen LogP contribution in [0.1, 0.15) is 53.4 Å². The van der Waals surface area contributed by atoms with E-state index in [4.69, 9.17) is 0 Å². The molecule has 0 amide bonds. The number of carbonyl (C=O) groups is 1. The maximum Gasteiger partial charge on any atom is 0.231 e. The van der Waals surface area contributed by atoms with Crippen LogP contribution in [-0.4, -0.2) is 16.2 Å². The molecule has 1 unspecified atom stereocenters. The fourth-order valence-corrected chi connectivity index (χ4v) is 2.82. The number of rotatable bonds is 5. The number of carbonyl (C=O) groups excluding carboxylic acids is 1. The van der Waals surface area contributed by atoms with Crippen molar-refractivity contribution in [2.24, 2.45) is 5.41 Å². The summed E-state index contributed by atoms with van der Waals surface area (Å²) in [6, 6.07) is 0. The van der Waals surface area contributed by atoms with Crippen molar-refractivity contribution in [3.8, 4) is 0 Å². The Hall–Kier alpha value is -1.45. The minimum absolute atomic E-state index is 0.0417. The van der Waals surface area contributed by atoms with Gasteiger partial charge in [0, 0.05) is 29.6 Å². The number of hydrogen-bond donors (Lipinski definition) is 0. The lowest BCUT2D eigenvalue weighted by Gasteiger charge is -2.40. The first-order valence-corrected chi connectivity index (χ1v) is 6.71. The summed E-state index contributed by atoms with van der Waals surface area (Å²) < 4.78 is 0. The lowest BCUT2D eigenvalue weighted by molar-refractivity contribution is -0.592. The van der Waals surface area contributed by atoms with Crippen LogP contribution in [-0.2, 0) is 4.79 Å². The molecule has 0 spiro atoms. The Balaban J connectivity index is 3.05. The molecule has 4 nitrogen and oxygen atoms in total. The number of nitrogens with zero attached hydrogens (tertiary/aromatic N) is 1. The molecule has 4 heteroatoms. The second-order valence-corrected chi connectivity index (χ2v) is 6.07. The topological polar surface area (TPSA) is 60.2 Å². The first kappa shape index (κ1) is 15.6. The van der Waals surface area contributed by atoms with Crippen molar-refractivity contribution in [2.45, 2.75) is 58.9 Å². The molecule has 0 aliphatic heterocycles. The van der Waals surface area contributed by atoms with Crippen molar-refractivity contribution < 1.29 is 9.72 Å². The van der Waals surface area contributed by atoms with Gasteiger partial charge in [0.25, 0.3) is 0 Å². The van der Waals surface area contributed by atoms with Crippen molar-refractivity contribution in [2.75, 3.05) is 0 Å². The Morgan fingerprint density at radius 1 is 1.58 bits per heavy atom. The van der Waals surface area contributed by atoms with E-state index in [0.717, 1.165) is 6.42 Å². The number of nitro groups is 1. The number of allylic oxidation sites excluding steroid dienone is 3. The lowest BCUT2D eigenvalue weighted by atomic mass is 9.63. The average Bonchev–Trinajstić information content (AvgIpc) is 2.28. The molecule has 1 rings (SSSR count). The van der Waals surface area contributed by atoms with Crippen LogP contribution >= 0.6 is 0 Å². The molecular weight excluding hydrogens is 242 g/mol. The van der Waals surface area contributed by atoms with Gasteiger partial charge < -0.3 is 0 Å². The standard InChI is InChI=1S/C15H23NO3/c1-5-6-13(17)11-14(3,4)15(16(18)19)9-7-12(2)8-10-15/h5-7H,8-11H2,1-4H3/b6-5+. The average molecular weight is 265 g/mol. The van der Waals surface area contributed by atoms with E-state index in [-0.39, 0.29) is 17.1 Å². The van der Waals surface area contributed by atoms with Gasteiger partial charge in [-0.1, -0.05) is 31.6 Å². The van der Waals surface area contributed by atoms with Crippen molar-refractivity contribution in [3.05, 3.63) is 33.9 Å². The van der Waals surface area contributed by atoms with Crippen molar-refractivity contribution in [1.29, 1.82) is 0 Å². The highest BCUT2D eigenvalue weighted by Gasteiger charge is 2.56.